The van der Waals surface area contributed by atoms with E-state index in [-0.39, 0.29) is 0 Å². The van der Waals surface area contributed by atoms with Gasteiger partial charge in [-0.2, -0.15) is 12.6 Å². The monoisotopic (exact) mass is 1370 g/mol. The van der Waals surface area contributed by atoms with Gasteiger partial charge >= 0.3 is 0 Å². The van der Waals surface area contributed by atoms with Crippen molar-refractivity contribution in [1.29, 1.82) is 0 Å². The van der Waals surface area contributed by atoms with E-state index < -0.39 is 0 Å². The number of oxime groups is 3. The number of hydrogen-bond donors (Lipinski definition) is 1. The van der Waals surface area contributed by atoms with Crippen molar-refractivity contribution in [2.45, 2.75) is 106 Å². The highest BCUT2D eigenvalue weighted by Gasteiger charge is 2.17. The van der Waals surface area contributed by atoms with E-state index >= 15 is 0 Å². The Hall–Kier alpha value is -8.42. The molecule has 0 N–H and O–H groups in total. The number of rotatable bonds is 33. The molecular weight excluding hydrogens is 1270 g/mol. The molecular formula is C88H97N5O3S3. The molecule has 12 rings (SSSR count). The van der Waals surface area contributed by atoms with Crippen LogP contribution >= 0.6 is 36.2 Å². The van der Waals surface area contributed by atoms with Crippen LogP contribution in [0.1, 0.15) is 128 Å². The first-order valence-electron chi connectivity index (χ1n) is 35.5. The molecule has 0 radical (unpaired) electrons. The summed E-state index contributed by atoms with van der Waals surface area (Å²) in [5, 5.41) is 21.1. The zero-order valence-corrected chi connectivity index (χ0v) is 60.6. The van der Waals surface area contributed by atoms with E-state index in [0.717, 1.165) is 108 Å². The molecule has 1 aliphatic heterocycles. The fraction of sp³-hybridized carbons (Fsp3) is 0.284. The number of fused-ring (bicyclic) bond motifs is 3. The van der Waals surface area contributed by atoms with Crippen LogP contribution in [-0.2, 0) is 33.2 Å². The van der Waals surface area contributed by atoms with Crippen LogP contribution in [-0.4, -0.2) is 92.0 Å². The normalized spacial score (nSPS) is 12.7. The molecule has 99 heavy (non-hydrogen) atoms. The third kappa shape index (κ3) is 22.8. The first kappa shape index (κ1) is 73.3. The summed E-state index contributed by atoms with van der Waals surface area (Å²) in [4.78, 5) is 25.1. The maximum atomic E-state index is 5.91. The lowest BCUT2D eigenvalue weighted by molar-refractivity contribution is 0.136. The minimum absolute atomic E-state index is 0.611. The molecule has 510 valence electrons. The fourth-order valence-corrected chi connectivity index (χ4v) is 13.6. The molecule has 0 aliphatic carbocycles. The van der Waals surface area contributed by atoms with E-state index in [1.54, 1.807) is 23.5 Å². The van der Waals surface area contributed by atoms with Gasteiger partial charge in [0.15, 0.2) is 0 Å². The van der Waals surface area contributed by atoms with Gasteiger partial charge < -0.3 is 19.4 Å². The summed E-state index contributed by atoms with van der Waals surface area (Å²) in [5.74, 6) is 0.731. The molecule has 0 aromatic heterocycles. The molecule has 0 spiro atoms. The van der Waals surface area contributed by atoms with Gasteiger partial charge in [0.1, 0.15) is 37.0 Å². The van der Waals surface area contributed by atoms with Crippen molar-refractivity contribution in [2.24, 2.45) is 15.5 Å². The number of aryl methyl sites for hydroxylation is 1. The molecule has 11 aromatic carbocycles. The van der Waals surface area contributed by atoms with Crippen molar-refractivity contribution in [1.82, 2.24) is 9.80 Å². The number of hydrogen-bond acceptors (Lipinski definition) is 11. The second-order valence-electron chi connectivity index (χ2n) is 25.0. The number of likely N-dealkylation sites (tertiary alicyclic amines) is 1. The Labute approximate surface area is 603 Å². The zero-order chi connectivity index (χ0) is 68.3. The molecule has 0 amide bonds. The highest BCUT2D eigenvalue weighted by Crippen LogP contribution is 2.28. The highest BCUT2D eigenvalue weighted by molar-refractivity contribution is 7.98. The maximum Gasteiger partial charge on any atom is 0.117 e. The Morgan fingerprint density at radius 3 is 1.22 bits per heavy atom. The van der Waals surface area contributed by atoms with Crippen LogP contribution in [0, 0.1) is 0 Å². The van der Waals surface area contributed by atoms with Crippen LogP contribution in [0.4, 0.5) is 0 Å². The maximum absolute atomic E-state index is 5.91. The highest BCUT2D eigenvalue weighted by atomic mass is 32.2. The Morgan fingerprint density at radius 1 is 0.394 bits per heavy atom. The van der Waals surface area contributed by atoms with Crippen molar-refractivity contribution in [3.8, 4) is 0 Å². The smallest absolute Gasteiger partial charge is 0.117 e. The van der Waals surface area contributed by atoms with Gasteiger partial charge in [0, 0.05) is 55.5 Å². The molecule has 0 bridgehead atoms. The van der Waals surface area contributed by atoms with Gasteiger partial charge in [0.25, 0.3) is 0 Å². The van der Waals surface area contributed by atoms with Gasteiger partial charge in [-0.3, -0.25) is 4.90 Å². The third-order valence-electron chi connectivity index (χ3n) is 18.1. The molecule has 0 atom stereocenters. The lowest BCUT2D eigenvalue weighted by atomic mass is 9.96. The van der Waals surface area contributed by atoms with Gasteiger partial charge in [-0.1, -0.05) is 272 Å². The van der Waals surface area contributed by atoms with E-state index in [4.69, 9.17) is 14.5 Å². The van der Waals surface area contributed by atoms with E-state index in [9.17, 15) is 0 Å². The zero-order valence-electron chi connectivity index (χ0n) is 58.1. The Balaban J connectivity index is 0.000000161. The molecule has 11 heteroatoms. The molecule has 0 unspecified atom stereocenters. The van der Waals surface area contributed by atoms with Crippen LogP contribution in [0.3, 0.4) is 0 Å². The summed E-state index contributed by atoms with van der Waals surface area (Å²) < 4.78 is 0. The van der Waals surface area contributed by atoms with Crippen molar-refractivity contribution in [2.75, 3.05) is 65.1 Å². The Kier molecular flexibility index (Phi) is 30.5. The van der Waals surface area contributed by atoms with Crippen molar-refractivity contribution in [3.05, 3.63) is 311 Å². The van der Waals surface area contributed by atoms with Crippen LogP contribution < -0.4 is 0 Å². The average Bonchev–Trinajstić information content (AvgIpc) is 1.10. The first-order chi connectivity index (χ1) is 49.0. The standard InChI is InChI=1S/C31H34N2OS.C31H33NOS.C26H30N2OS/c1-3-33(24-25-12-5-4-6-13-25)22-9-10-23-34-32-31(27-18-20-28(35-2)21-19-27)30-17-11-15-26-14-7-8-16-29(26)30;1-34-28-22-20-27(21-23-28)31(30-19-12-17-26-16-9-10-18-29(26)30)32-33-24-11-4-2-3-6-13-25-14-7-5-8-15-25;30-20-21-12-14-23(15-13-21)26(25-11-7-9-22-8-1-2-10-24(22)25)27-29-19-6-5-18-28-16-3-4-17-28/h4-8,11-21H,3,9-10,22-24H2,1-2H3;5,7-10,12,14-23H,2-4,6,11,13,24H2,1H3;1-2,7-15,30H,3-6,16-20H2/b2*32-31-;27-26-. The third-order valence-corrected chi connectivity index (χ3v) is 19.9. The number of thiol groups is 1. The quantitative estimate of drug-likeness (QED) is 0.0144. The average molecular weight is 1370 g/mol. The summed E-state index contributed by atoms with van der Waals surface area (Å²) in [5.41, 5.74) is 13.2. The summed E-state index contributed by atoms with van der Waals surface area (Å²) in [6.07, 6.45) is 18.3. The molecule has 1 fully saturated rings. The largest absolute Gasteiger partial charge is 0.395 e. The number of nitrogens with zero attached hydrogens (tertiary/aromatic N) is 5. The van der Waals surface area contributed by atoms with Crippen molar-refractivity contribution < 1.29 is 14.5 Å². The summed E-state index contributed by atoms with van der Waals surface area (Å²) in [6, 6.07) is 91.5. The Bertz CT molecular complexity index is 4240. The predicted molar refractivity (Wildman–Crippen MR) is 427 cm³/mol. The van der Waals surface area contributed by atoms with Gasteiger partial charge in [0.05, 0.1) is 0 Å². The van der Waals surface area contributed by atoms with Crippen LogP contribution in [0.5, 0.6) is 0 Å². The Morgan fingerprint density at radius 2 is 0.778 bits per heavy atom. The van der Waals surface area contributed by atoms with Crippen LogP contribution in [0.25, 0.3) is 32.3 Å². The van der Waals surface area contributed by atoms with Crippen molar-refractivity contribution >= 4 is 85.6 Å². The number of unbranched alkanes of at least 4 members (excludes halogenated alkanes) is 6. The van der Waals surface area contributed by atoms with E-state index in [2.05, 4.69) is 318 Å². The van der Waals surface area contributed by atoms with Crippen LogP contribution in [0.2, 0.25) is 0 Å². The summed E-state index contributed by atoms with van der Waals surface area (Å²) >= 11 is 7.87. The summed E-state index contributed by atoms with van der Waals surface area (Å²) in [7, 11) is 0. The molecule has 11 aromatic rings. The number of thioether (sulfide) groups is 2. The minimum atomic E-state index is 0.611. The van der Waals surface area contributed by atoms with E-state index in [1.165, 1.54) is 123 Å². The predicted octanol–water partition coefficient (Wildman–Crippen LogP) is 22.1. The fourth-order valence-electron chi connectivity index (χ4n) is 12.5. The van der Waals surface area contributed by atoms with Gasteiger partial charge in [-0.05, 0) is 183 Å². The van der Waals surface area contributed by atoms with Crippen LogP contribution in [0.15, 0.2) is 286 Å². The number of benzene rings is 11. The molecule has 1 heterocycles. The molecule has 1 aliphatic rings. The molecule has 8 nitrogen and oxygen atoms in total. The van der Waals surface area contributed by atoms with Gasteiger partial charge in [-0.15, -0.1) is 23.5 Å². The van der Waals surface area contributed by atoms with Gasteiger partial charge in [-0.25, -0.2) is 0 Å². The molecule has 1 saturated heterocycles. The minimum Gasteiger partial charge on any atom is -0.395 e. The SMILES string of the molecule is CCN(CCCCO/N=C(/c1ccc(SC)cc1)c1cccc2ccccc12)Cc1ccccc1.CSc1ccc(/C(=N/OCCCCCCCc2ccccc2)c2cccc3ccccc23)cc1.SCc1ccc(/C(=N/OCCCCN2CCCC2)c2cccc3ccccc23)cc1. The first-order valence-corrected chi connectivity index (χ1v) is 38.6. The van der Waals surface area contributed by atoms with Crippen molar-refractivity contribution in [3.63, 3.8) is 0 Å². The second kappa shape index (κ2) is 41.2. The lowest BCUT2D eigenvalue weighted by Gasteiger charge is -2.20. The lowest BCUT2D eigenvalue weighted by Crippen LogP contribution is -2.24. The van der Waals surface area contributed by atoms with Gasteiger partial charge in [0.2, 0.25) is 0 Å². The van der Waals surface area contributed by atoms with E-state index in [0.29, 0.717) is 19.8 Å². The topological polar surface area (TPSA) is 71.2 Å². The van der Waals surface area contributed by atoms with E-state index in [1.807, 2.05) is 0 Å². The second-order valence-corrected chi connectivity index (χ2v) is 27.1. The summed E-state index contributed by atoms with van der Waals surface area (Å²) in [6.45, 7) is 10.9. The molecule has 0 saturated carbocycles.